The topological polar surface area (TPSA) is 66.8 Å². The molecule has 34 heavy (non-hydrogen) atoms. The Morgan fingerprint density at radius 2 is 1.74 bits per heavy atom. The van der Waals surface area contributed by atoms with Crippen molar-refractivity contribution in [2.24, 2.45) is 5.92 Å². The largest absolute Gasteiger partial charge is 0.507 e. The van der Waals surface area contributed by atoms with Crippen molar-refractivity contribution in [2.75, 3.05) is 11.5 Å². The number of carbonyl (C=O) groups excluding carboxylic acids is 2. The highest BCUT2D eigenvalue weighted by molar-refractivity contribution is 6.51. The molecule has 4 rings (SSSR count). The van der Waals surface area contributed by atoms with Crippen molar-refractivity contribution in [3.05, 3.63) is 101 Å². The van der Waals surface area contributed by atoms with E-state index < -0.39 is 23.5 Å². The fourth-order valence-corrected chi connectivity index (χ4v) is 4.03. The summed E-state index contributed by atoms with van der Waals surface area (Å²) in [6.07, 6.45) is 0. The molecule has 1 amide bonds. The SMILES string of the molecule is Cc1ccccc1N1C(=O)C(=O)/C(=C(\O)c2cccc(OCC(C)C)c2)C1c1ccc(F)cc1. The van der Waals surface area contributed by atoms with E-state index in [1.165, 1.54) is 29.2 Å². The van der Waals surface area contributed by atoms with E-state index in [0.717, 1.165) is 5.56 Å². The Morgan fingerprint density at radius 3 is 2.41 bits per heavy atom. The van der Waals surface area contributed by atoms with Crippen molar-refractivity contribution in [3.8, 4) is 5.75 Å². The Kier molecular flexibility index (Phi) is 6.50. The summed E-state index contributed by atoms with van der Waals surface area (Å²) in [6.45, 7) is 6.39. The maximum Gasteiger partial charge on any atom is 0.300 e. The van der Waals surface area contributed by atoms with Gasteiger partial charge in [-0.05, 0) is 54.3 Å². The maximum atomic E-state index is 13.7. The van der Waals surface area contributed by atoms with Gasteiger partial charge in [0.1, 0.15) is 17.3 Å². The number of aliphatic hydroxyl groups is 1. The van der Waals surface area contributed by atoms with Crippen LogP contribution in [0, 0.1) is 18.7 Å². The van der Waals surface area contributed by atoms with Crippen LogP contribution in [0.15, 0.2) is 78.4 Å². The summed E-state index contributed by atoms with van der Waals surface area (Å²) in [5.41, 5.74) is 2.15. The van der Waals surface area contributed by atoms with Crippen LogP contribution in [-0.4, -0.2) is 23.4 Å². The number of ether oxygens (including phenoxy) is 1. The van der Waals surface area contributed by atoms with Gasteiger partial charge >= 0.3 is 0 Å². The van der Waals surface area contributed by atoms with Gasteiger partial charge in [0.2, 0.25) is 0 Å². The minimum atomic E-state index is -0.915. The molecule has 0 bridgehead atoms. The van der Waals surface area contributed by atoms with Gasteiger partial charge in [0, 0.05) is 11.3 Å². The Balaban J connectivity index is 1.88. The molecule has 1 atom stereocenters. The van der Waals surface area contributed by atoms with Gasteiger partial charge in [0.05, 0.1) is 18.2 Å². The fourth-order valence-electron chi connectivity index (χ4n) is 4.03. The van der Waals surface area contributed by atoms with Crippen LogP contribution in [0.1, 0.15) is 36.6 Å². The highest BCUT2D eigenvalue weighted by atomic mass is 19.1. The fraction of sp³-hybridized carbons (Fsp3) is 0.214. The smallest absolute Gasteiger partial charge is 0.300 e. The van der Waals surface area contributed by atoms with Gasteiger partial charge in [-0.15, -0.1) is 0 Å². The second-order valence-electron chi connectivity index (χ2n) is 8.74. The summed E-state index contributed by atoms with van der Waals surface area (Å²) < 4.78 is 19.4. The van der Waals surface area contributed by atoms with Gasteiger partial charge in [-0.25, -0.2) is 4.39 Å². The third-order valence-electron chi connectivity index (χ3n) is 5.70. The lowest BCUT2D eigenvalue weighted by atomic mass is 9.95. The quantitative estimate of drug-likeness (QED) is 0.288. The molecule has 1 heterocycles. The molecular formula is C28H26FNO4. The predicted molar refractivity (Wildman–Crippen MR) is 129 cm³/mol. The Labute approximate surface area is 198 Å². The molecule has 3 aromatic rings. The van der Waals surface area contributed by atoms with Crippen molar-refractivity contribution in [2.45, 2.75) is 26.8 Å². The number of carbonyl (C=O) groups is 2. The highest BCUT2D eigenvalue weighted by Crippen LogP contribution is 2.43. The van der Waals surface area contributed by atoms with Crippen LogP contribution in [-0.2, 0) is 9.59 Å². The molecular weight excluding hydrogens is 433 g/mol. The number of halogens is 1. The molecule has 0 radical (unpaired) electrons. The molecule has 0 aliphatic carbocycles. The molecule has 1 saturated heterocycles. The van der Waals surface area contributed by atoms with Crippen LogP contribution < -0.4 is 9.64 Å². The van der Waals surface area contributed by atoms with E-state index in [4.69, 9.17) is 4.74 Å². The number of nitrogens with zero attached hydrogens (tertiary/aromatic N) is 1. The third-order valence-corrected chi connectivity index (χ3v) is 5.70. The molecule has 3 aromatic carbocycles. The van der Waals surface area contributed by atoms with Crippen LogP contribution in [0.4, 0.5) is 10.1 Å². The van der Waals surface area contributed by atoms with Crippen LogP contribution in [0.25, 0.3) is 5.76 Å². The van der Waals surface area contributed by atoms with Crippen LogP contribution in [0.5, 0.6) is 5.75 Å². The van der Waals surface area contributed by atoms with Crippen molar-refractivity contribution in [1.29, 1.82) is 0 Å². The normalized spacial score (nSPS) is 17.4. The average molecular weight is 460 g/mol. The Morgan fingerprint density at radius 1 is 1.03 bits per heavy atom. The summed E-state index contributed by atoms with van der Waals surface area (Å²) in [5.74, 6) is -1.44. The number of aliphatic hydroxyl groups excluding tert-OH is 1. The zero-order valence-corrected chi connectivity index (χ0v) is 19.3. The minimum Gasteiger partial charge on any atom is -0.507 e. The number of aryl methyl sites for hydroxylation is 1. The monoisotopic (exact) mass is 459 g/mol. The molecule has 1 unspecified atom stereocenters. The zero-order chi connectivity index (χ0) is 24.4. The van der Waals surface area contributed by atoms with E-state index >= 15 is 0 Å². The number of para-hydroxylation sites is 1. The van der Waals surface area contributed by atoms with Crippen LogP contribution in [0.3, 0.4) is 0 Å². The number of benzene rings is 3. The number of Topliss-reactive ketones (excluding diaryl/α,β-unsaturated/α-hetero) is 1. The van der Waals surface area contributed by atoms with E-state index in [9.17, 15) is 19.1 Å². The highest BCUT2D eigenvalue weighted by Gasteiger charge is 2.47. The first-order valence-electron chi connectivity index (χ1n) is 11.1. The number of hydrogen-bond donors (Lipinski definition) is 1. The van der Waals surface area contributed by atoms with E-state index in [-0.39, 0.29) is 11.3 Å². The number of anilines is 1. The summed E-state index contributed by atoms with van der Waals surface area (Å²) in [5, 5.41) is 11.3. The molecule has 1 aliphatic heterocycles. The first-order valence-corrected chi connectivity index (χ1v) is 11.1. The molecule has 1 N–H and O–H groups in total. The molecule has 5 nitrogen and oxygen atoms in total. The minimum absolute atomic E-state index is 0.0547. The predicted octanol–water partition coefficient (Wildman–Crippen LogP) is 5.80. The van der Waals surface area contributed by atoms with Crippen LogP contribution in [0.2, 0.25) is 0 Å². The number of hydrogen-bond acceptors (Lipinski definition) is 4. The van der Waals surface area contributed by atoms with Gasteiger partial charge in [-0.2, -0.15) is 0 Å². The van der Waals surface area contributed by atoms with Gasteiger partial charge in [0.25, 0.3) is 11.7 Å². The lowest BCUT2D eigenvalue weighted by molar-refractivity contribution is -0.132. The molecule has 6 heteroatoms. The second kappa shape index (κ2) is 9.51. The van der Waals surface area contributed by atoms with Gasteiger partial charge in [-0.3, -0.25) is 14.5 Å². The number of amides is 1. The number of rotatable bonds is 6. The zero-order valence-electron chi connectivity index (χ0n) is 19.3. The lowest BCUT2D eigenvalue weighted by Gasteiger charge is -2.26. The van der Waals surface area contributed by atoms with Crippen molar-refractivity contribution in [1.82, 2.24) is 0 Å². The summed E-state index contributed by atoms with van der Waals surface area (Å²) in [7, 11) is 0. The molecule has 0 saturated carbocycles. The van der Waals surface area contributed by atoms with Crippen molar-refractivity contribution in [3.63, 3.8) is 0 Å². The molecule has 0 spiro atoms. The third kappa shape index (κ3) is 4.44. The molecule has 174 valence electrons. The van der Waals surface area contributed by atoms with Crippen LogP contribution >= 0.6 is 0 Å². The molecule has 0 aromatic heterocycles. The number of ketones is 1. The van der Waals surface area contributed by atoms with E-state index in [2.05, 4.69) is 0 Å². The van der Waals surface area contributed by atoms with E-state index in [1.54, 1.807) is 36.4 Å². The average Bonchev–Trinajstić information content (AvgIpc) is 3.08. The first-order chi connectivity index (χ1) is 16.3. The van der Waals surface area contributed by atoms with Gasteiger partial charge in [0.15, 0.2) is 0 Å². The first kappa shape index (κ1) is 23.2. The second-order valence-corrected chi connectivity index (χ2v) is 8.74. The Bertz CT molecular complexity index is 1260. The standard InChI is InChI=1S/C28H26FNO4/c1-17(2)16-34-22-9-6-8-20(15-22)26(31)24-25(19-11-13-21(29)14-12-19)30(28(33)27(24)32)23-10-5-4-7-18(23)3/h4-15,17,25,31H,16H2,1-3H3/b26-24-. The summed E-state index contributed by atoms with van der Waals surface area (Å²) in [4.78, 5) is 27.9. The molecule has 1 aliphatic rings. The van der Waals surface area contributed by atoms with Crippen molar-refractivity contribution < 1.29 is 23.8 Å². The maximum absolute atomic E-state index is 13.7. The summed E-state index contributed by atoms with van der Waals surface area (Å²) in [6, 6.07) is 18.6. The van der Waals surface area contributed by atoms with Gasteiger partial charge < -0.3 is 9.84 Å². The summed E-state index contributed by atoms with van der Waals surface area (Å²) >= 11 is 0. The van der Waals surface area contributed by atoms with E-state index in [1.807, 2.05) is 32.9 Å². The van der Waals surface area contributed by atoms with Gasteiger partial charge in [-0.1, -0.05) is 56.3 Å². The lowest BCUT2D eigenvalue weighted by Crippen LogP contribution is -2.30. The Hall–Kier alpha value is -3.93. The molecule has 1 fully saturated rings. The van der Waals surface area contributed by atoms with E-state index in [0.29, 0.717) is 35.1 Å². The van der Waals surface area contributed by atoms with Crippen molar-refractivity contribution >= 4 is 23.1 Å².